The summed E-state index contributed by atoms with van der Waals surface area (Å²) in [4.78, 5) is 0. The van der Waals surface area contributed by atoms with E-state index in [1.165, 1.54) is 8.61 Å². The van der Waals surface area contributed by atoms with Gasteiger partial charge in [0.05, 0.1) is 5.69 Å². The molecule has 5 nitrogen and oxygen atoms in total. The molecule has 1 atom stereocenters. The van der Waals surface area contributed by atoms with Crippen molar-refractivity contribution in [3.8, 4) is 0 Å². The van der Waals surface area contributed by atoms with Gasteiger partial charge in [0.25, 0.3) is 0 Å². The van der Waals surface area contributed by atoms with Gasteiger partial charge in [0.1, 0.15) is 0 Å². The molecule has 0 aliphatic carbocycles. The van der Waals surface area contributed by atoms with Crippen LogP contribution in [-0.2, 0) is 10.2 Å². The van der Waals surface area contributed by atoms with Crippen molar-refractivity contribution in [1.29, 1.82) is 0 Å². The van der Waals surface area contributed by atoms with Gasteiger partial charge in [0, 0.05) is 26.7 Å². The van der Waals surface area contributed by atoms with Gasteiger partial charge in [-0.2, -0.15) is 12.7 Å². The van der Waals surface area contributed by atoms with Crippen LogP contribution in [0.2, 0.25) is 0 Å². The maximum atomic E-state index is 12.4. The first-order chi connectivity index (χ1) is 8.53. The lowest BCUT2D eigenvalue weighted by atomic mass is 10.3. The van der Waals surface area contributed by atoms with Crippen molar-refractivity contribution in [3.63, 3.8) is 0 Å². The van der Waals surface area contributed by atoms with E-state index in [1.54, 1.807) is 26.2 Å². The summed E-state index contributed by atoms with van der Waals surface area (Å²) in [6.45, 7) is 1.60. The van der Waals surface area contributed by atoms with Gasteiger partial charge in [-0.15, -0.1) is 12.4 Å². The predicted molar refractivity (Wildman–Crippen MR) is 80.1 cm³/mol. The first kappa shape index (κ1) is 16.2. The number of halogens is 1. The van der Waals surface area contributed by atoms with Crippen LogP contribution >= 0.6 is 12.4 Å². The molecule has 0 saturated carbocycles. The summed E-state index contributed by atoms with van der Waals surface area (Å²) in [7, 11) is -0.217. The Balaban J connectivity index is 0.00000180. The average molecular weight is 306 g/mol. The molecule has 1 saturated heterocycles. The minimum absolute atomic E-state index is 0. The van der Waals surface area contributed by atoms with E-state index in [9.17, 15) is 8.42 Å². The summed E-state index contributed by atoms with van der Waals surface area (Å²) < 4.78 is 27.7. The van der Waals surface area contributed by atoms with Crippen molar-refractivity contribution in [2.75, 3.05) is 31.5 Å². The van der Waals surface area contributed by atoms with Gasteiger partial charge in [0.15, 0.2) is 0 Å². The van der Waals surface area contributed by atoms with Gasteiger partial charge < -0.3 is 5.32 Å². The fourth-order valence-corrected chi connectivity index (χ4v) is 3.43. The number of anilines is 1. The molecule has 0 spiro atoms. The summed E-state index contributed by atoms with van der Waals surface area (Å²) in [5.74, 6) is 0. The van der Waals surface area contributed by atoms with Crippen LogP contribution in [0.15, 0.2) is 30.3 Å². The molecule has 1 heterocycles. The Labute approximate surface area is 121 Å². The van der Waals surface area contributed by atoms with Crippen molar-refractivity contribution in [3.05, 3.63) is 30.3 Å². The number of hydrogen-bond donors (Lipinski definition) is 1. The fraction of sp³-hybridized carbons (Fsp3) is 0.500. The molecule has 0 radical (unpaired) electrons. The van der Waals surface area contributed by atoms with Crippen LogP contribution in [0.5, 0.6) is 0 Å². The van der Waals surface area contributed by atoms with E-state index >= 15 is 0 Å². The monoisotopic (exact) mass is 305 g/mol. The third kappa shape index (κ3) is 3.39. The van der Waals surface area contributed by atoms with E-state index in [1.807, 2.05) is 18.2 Å². The number of likely N-dealkylation sites (N-methyl/N-ethyl adjacent to an activating group) is 1. The zero-order valence-corrected chi connectivity index (χ0v) is 12.7. The molecular weight excluding hydrogens is 286 g/mol. The highest BCUT2D eigenvalue weighted by Crippen LogP contribution is 2.20. The van der Waals surface area contributed by atoms with Crippen LogP contribution < -0.4 is 9.62 Å². The Morgan fingerprint density at radius 3 is 2.37 bits per heavy atom. The predicted octanol–water partition coefficient (Wildman–Crippen LogP) is 1.08. The quantitative estimate of drug-likeness (QED) is 0.906. The second kappa shape index (κ2) is 6.56. The SMILES string of the molecule is CN(c1ccccc1)S(=O)(=O)N(C)C1CCNC1.Cl. The van der Waals surface area contributed by atoms with Crippen molar-refractivity contribution >= 4 is 28.3 Å². The van der Waals surface area contributed by atoms with Gasteiger partial charge in [-0.05, 0) is 25.1 Å². The van der Waals surface area contributed by atoms with E-state index < -0.39 is 10.2 Å². The molecule has 1 aromatic rings. The lowest BCUT2D eigenvalue weighted by Crippen LogP contribution is -2.45. The number of rotatable bonds is 4. The molecule has 2 rings (SSSR count). The zero-order valence-electron chi connectivity index (χ0n) is 11.1. The van der Waals surface area contributed by atoms with Crippen LogP contribution in [0.1, 0.15) is 6.42 Å². The van der Waals surface area contributed by atoms with Crippen LogP contribution in [0.4, 0.5) is 5.69 Å². The van der Waals surface area contributed by atoms with Gasteiger partial charge in [-0.25, -0.2) is 0 Å². The summed E-state index contributed by atoms with van der Waals surface area (Å²) in [6, 6.07) is 9.16. The molecule has 1 aliphatic heterocycles. The molecule has 1 N–H and O–H groups in total. The van der Waals surface area contributed by atoms with Crippen molar-refractivity contribution in [2.24, 2.45) is 0 Å². The summed E-state index contributed by atoms with van der Waals surface area (Å²) in [5.41, 5.74) is 0.676. The number of nitrogens with one attached hydrogen (secondary N) is 1. The molecule has 19 heavy (non-hydrogen) atoms. The number of para-hydroxylation sites is 1. The Morgan fingerprint density at radius 1 is 1.21 bits per heavy atom. The van der Waals surface area contributed by atoms with E-state index in [4.69, 9.17) is 0 Å². The van der Waals surface area contributed by atoms with E-state index in [0.29, 0.717) is 5.69 Å². The fourth-order valence-electron chi connectivity index (χ4n) is 2.10. The normalized spacial score (nSPS) is 19.2. The molecular formula is C12H20ClN3O2S. The zero-order chi connectivity index (χ0) is 13.2. The van der Waals surface area contributed by atoms with Crippen molar-refractivity contribution in [1.82, 2.24) is 9.62 Å². The van der Waals surface area contributed by atoms with Crippen LogP contribution in [-0.4, -0.2) is 45.9 Å². The van der Waals surface area contributed by atoms with Gasteiger partial charge in [-0.1, -0.05) is 18.2 Å². The summed E-state index contributed by atoms with van der Waals surface area (Å²) >= 11 is 0. The van der Waals surface area contributed by atoms with Crippen LogP contribution in [0.25, 0.3) is 0 Å². The standard InChI is InChI=1S/C12H19N3O2S.ClH/c1-14(11-6-4-3-5-7-11)18(16,17)15(2)12-8-9-13-10-12;/h3-7,12-13H,8-10H2,1-2H3;1H. The third-order valence-electron chi connectivity index (χ3n) is 3.38. The Hall–Kier alpha value is -0.820. The van der Waals surface area contributed by atoms with Crippen molar-refractivity contribution < 1.29 is 8.42 Å². The van der Waals surface area contributed by atoms with E-state index in [0.717, 1.165) is 19.5 Å². The molecule has 108 valence electrons. The smallest absolute Gasteiger partial charge is 0.303 e. The van der Waals surface area contributed by atoms with Gasteiger partial charge in [0.2, 0.25) is 0 Å². The molecule has 1 unspecified atom stereocenters. The summed E-state index contributed by atoms with van der Waals surface area (Å²) in [5, 5.41) is 3.18. The minimum atomic E-state index is -3.45. The van der Waals surface area contributed by atoms with E-state index in [-0.39, 0.29) is 18.4 Å². The molecule has 0 bridgehead atoms. The minimum Gasteiger partial charge on any atom is -0.315 e. The second-order valence-corrected chi connectivity index (χ2v) is 6.49. The topological polar surface area (TPSA) is 52.7 Å². The summed E-state index contributed by atoms with van der Waals surface area (Å²) in [6.07, 6.45) is 0.859. The first-order valence-corrected chi connectivity index (χ1v) is 7.41. The molecule has 1 fully saturated rings. The first-order valence-electron chi connectivity index (χ1n) is 6.01. The Kier molecular flexibility index (Phi) is 5.61. The maximum absolute atomic E-state index is 12.4. The second-order valence-electron chi connectivity index (χ2n) is 4.47. The van der Waals surface area contributed by atoms with E-state index in [2.05, 4.69) is 5.32 Å². The molecule has 1 aliphatic rings. The lowest BCUT2D eigenvalue weighted by Gasteiger charge is -2.29. The number of hydrogen-bond acceptors (Lipinski definition) is 3. The van der Waals surface area contributed by atoms with Crippen LogP contribution in [0.3, 0.4) is 0 Å². The highest BCUT2D eigenvalue weighted by molar-refractivity contribution is 7.90. The number of benzene rings is 1. The lowest BCUT2D eigenvalue weighted by molar-refractivity contribution is 0.387. The molecule has 1 aromatic carbocycles. The van der Waals surface area contributed by atoms with Crippen LogP contribution in [0, 0.1) is 0 Å². The number of nitrogens with zero attached hydrogens (tertiary/aromatic N) is 2. The van der Waals surface area contributed by atoms with Gasteiger partial charge in [-0.3, -0.25) is 4.31 Å². The highest BCUT2D eigenvalue weighted by atomic mass is 35.5. The molecule has 0 aromatic heterocycles. The average Bonchev–Trinajstić information content (AvgIpc) is 2.91. The third-order valence-corrected chi connectivity index (χ3v) is 5.31. The Bertz CT molecular complexity index is 489. The molecule has 7 heteroatoms. The molecule has 0 amide bonds. The maximum Gasteiger partial charge on any atom is 0.303 e. The largest absolute Gasteiger partial charge is 0.315 e. The highest BCUT2D eigenvalue weighted by Gasteiger charge is 2.31. The Morgan fingerprint density at radius 2 is 1.84 bits per heavy atom. The van der Waals surface area contributed by atoms with Crippen molar-refractivity contribution in [2.45, 2.75) is 12.5 Å². The van der Waals surface area contributed by atoms with Gasteiger partial charge >= 0.3 is 10.2 Å².